The standard InChI is InChI=1S/C12H10Cl2N4O2/c1-4-8(10(15)18-17-4)12(20)6-2-5(13)3-7(14)9(6)16-11(12)19/h2-3,20H,1H3,(H,16,19)(H3,15,17,18)/t12-/m0/s1. The van der Waals surface area contributed by atoms with Gasteiger partial charge in [0.25, 0.3) is 5.91 Å². The molecule has 0 saturated heterocycles. The quantitative estimate of drug-likeness (QED) is 0.644. The molecule has 20 heavy (non-hydrogen) atoms. The molecule has 1 aliphatic heterocycles. The van der Waals surface area contributed by atoms with Gasteiger partial charge in [0.2, 0.25) is 5.60 Å². The van der Waals surface area contributed by atoms with Crippen LogP contribution in [-0.2, 0) is 10.4 Å². The van der Waals surface area contributed by atoms with E-state index in [1.165, 1.54) is 12.1 Å². The summed E-state index contributed by atoms with van der Waals surface area (Å²) < 4.78 is 0. The second kappa shape index (κ2) is 4.12. The van der Waals surface area contributed by atoms with E-state index in [0.29, 0.717) is 16.4 Å². The summed E-state index contributed by atoms with van der Waals surface area (Å²) in [4.78, 5) is 12.3. The van der Waals surface area contributed by atoms with Crippen LogP contribution >= 0.6 is 23.2 Å². The molecule has 0 unspecified atom stereocenters. The van der Waals surface area contributed by atoms with Crippen molar-refractivity contribution >= 4 is 40.6 Å². The Hall–Kier alpha value is -1.76. The minimum absolute atomic E-state index is 0.0455. The number of nitrogen functional groups attached to an aromatic ring is 1. The molecule has 104 valence electrons. The van der Waals surface area contributed by atoms with Gasteiger partial charge in [-0.1, -0.05) is 23.2 Å². The first kappa shape index (κ1) is 13.2. The first-order valence-electron chi connectivity index (χ1n) is 5.70. The van der Waals surface area contributed by atoms with Crippen molar-refractivity contribution < 1.29 is 9.90 Å². The fourth-order valence-corrected chi connectivity index (χ4v) is 3.01. The normalized spacial score (nSPS) is 20.9. The van der Waals surface area contributed by atoms with E-state index in [-0.39, 0.29) is 22.0 Å². The van der Waals surface area contributed by atoms with Crippen molar-refractivity contribution in [1.29, 1.82) is 0 Å². The zero-order chi connectivity index (χ0) is 14.7. The van der Waals surface area contributed by atoms with Gasteiger partial charge in [0.15, 0.2) is 5.82 Å². The molecule has 5 N–H and O–H groups in total. The number of halogens is 2. The number of aryl methyl sites for hydroxylation is 1. The van der Waals surface area contributed by atoms with E-state index in [9.17, 15) is 9.90 Å². The molecule has 1 aliphatic rings. The molecule has 1 atom stereocenters. The van der Waals surface area contributed by atoms with Gasteiger partial charge in [-0.25, -0.2) is 0 Å². The fraction of sp³-hybridized carbons (Fsp3) is 0.167. The van der Waals surface area contributed by atoms with E-state index in [1.54, 1.807) is 6.92 Å². The van der Waals surface area contributed by atoms with Crippen LogP contribution in [0.5, 0.6) is 0 Å². The third-order valence-electron chi connectivity index (χ3n) is 3.35. The van der Waals surface area contributed by atoms with Crippen molar-refractivity contribution in [2.45, 2.75) is 12.5 Å². The predicted molar refractivity (Wildman–Crippen MR) is 75.8 cm³/mol. The summed E-state index contributed by atoms with van der Waals surface area (Å²) >= 11 is 12.0. The molecule has 1 aromatic carbocycles. The lowest BCUT2D eigenvalue weighted by molar-refractivity contribution is -0.129. The van der Waals surface area contributed by atoms with E-state index in [2.05, 4.69) is 15.5 Å². The highest BCUT2D eigenvalue weighted by Gasteiger charge is 2.50. The Balaban J connectivity index is 2.34. The summed E-state index contributed by atoms with van der Waals surface area (Å²) in [5.41, 5.74) is 5.06. The number of fused-ring (bicyclic) bond motifs is 1. The number of carbonyl (C=O) groups is 1. The fourth-order valence-electron chi connectivity index (χ4n) is 2.47. The van der Waals surface area contributed by atoms with Gasteiger partial charge in [0.1, 0.15) is 0 Å². The maximum atomic E-state index is 12.3. The number of benzene rings is 1. The average molecular weight is 313 g/mol. The van der Waals surface area contributed by atoms with Gasteiger partial charge >= 0.3 is 0 Å². The van der Waals surface area contributed by atoms with Crippen molar-refractivity contribution in [3.8, 4) is 0 Å². The van der Waals surface area contributed by atoms with Gasteiger partial charge in [-0.3, -0.25) is 9.89 Å². The predicted octanol–water partition coefficient (Wildman–Crippen LogP) is 1.80. The van der Waals surface area contributed by atoms with Crippen LogP contribution in [-0.4, -0.2) is 21.2 Å². The van der Waals surface area contributed by atoms with Crippen molar-refractivity contribution in [3.63, 3.8) is 0 Å². The number of rotatable bonds is 1. The number of amides is 1. The first-order chi connectivity index (χ1) is 9.35. The van der Waals surface area contributed by atoms with E-state index in [4.69, 9.17) is 28.9 Å². The number of hydrogen-bond acceptors (Lipinski definition) is 4. The van der Waals surface area contributed by atoms with Gasteiger partial charge in [-0.05, 0) is 19.1 Å². The lowest BCUT2D eigenvalue weighted by atomic mass is 9.87. The SMILES string of the molecule is Cc1[nH]nc(N)c1[C@]1(O)C(=O)Nc2c(Cl)cc(Cl)cc21. The summed E-state index contributed by atoms with van der Waals surface area (Å²) in [5.74, 6) is -0.600. The Morgan fingerprint density at radius 2 is 2.10 bits per heavy atom. The van der Waals surface area contributed by atoms with Crippen molar-refractivity contribution in [2.75, 3.05) is 11.1 Å². The second-order valence-electron chi connectivity index (χ2n) is 4.58. The highest BCUT2D eigenvalue weighted by Crippen LogP contribution is 2.47. The molecular formula is C12H10Cl2N4O2. The highest BCUT2D eigenvalue weighted by molar-refractivity contribution is 6.38. The van der Waals surface area contributed by atoms with Crippen LogP contribution in [0.15, 0.2) is 12.1 Å². The van der Waals surface area contributed by atoms with E-state index in [0.717, 1.165) is 0 Å². The van der Waals surface area contributed by atoms with Crippen LogP contribution in [0.3, 0.4) is 0 Å². The lowest BCUT2D eigenvalue weighted by Gasteiger charge is -2.21. The Bertz CT molecular complexity index is 724. The monoisotopic (exact) mass is 312 g/mol. The summed E-state index contributed by atoms with van der Waals surface area (Å²) in [5, 5.41) is 20.5. The Morgan fingerprint density at radius 3 is 2.70 bits per heavy atom. The topological polar surface area (TPSA) is 104 Å². The van der Waals surface area contributed by atoms with E-state index < -0.39 is 11.5 Å². The molecule has 3 rings (SSSR count). The Morgan fingerprint density at radius 1 is 1.40 bits per heavy atom. The number of hydrogen-bond donors (Lipinski definition) is 4. The number of aromatic amines is 1. The highest BCUT2D eigenvalue weighted by atomic mass is 35.5. The molecule has 0 bridgehead atoms. The number of anilines is 2. The number of carbonyl (C=O) groups excluding carboxylic acids is 1. The number of nitrogens with one attached hydrogen (secondary N) is 2. The molecule has 2 heterocycles. The molecule has 0 spiro atoms. The molecular weight excluding hydrogens is 303 g/mol. The minimum atomic E-state index is -1.97. The molecule has 8 heteroatoms. The van der Waals surface area contributed by atoms with Gasteiger partial charge in [-0.15, -0.1) is 0 Å². The second-order valence-corrected chi connectivity index (χ2v) is 5.43. The maximum Gasteiger partial charge on any atom is 0.266 e. The Labute approximate surface area is 123 Å². The molecule has 2 aromatic rings. The third kappa shape index (κ3) is 1.56. The number of H-pyrrole nitrogens is 1. The zero-order valence-corrected chi connectivity index (χ0v) is 11.8. The van der Waals surface area contributed by atoms with Crippen LogP contribution in [0, 0.1) is 6.92 Å². The molecule has 0 aliphatic carbocycles. The average Bonchev–Trinajstić information content (AvgIpc) is 2.82. The third-order valence-corrected chi connectivity index (χ3v) is 3.87. The smallest absolute Gasteiger partial charge is 0.266 e. The van der Waals surface area contributed by atoms with Crippen LogP contribution < -0.4 is 11.1 Å². The summed E-state index contributed by atoms with van der Waals surface area (Å²) in [6, 6.07) is 2.96. The van der Waals surface area contributed by atoms with Gasteiger partial charge < -0.3 is 16.2 Å². The van der Waals surface area contributed by atoms with Crippen LogP contribution in [0.4, 0.5) is 11.5 Å². The number of nitrogens with two attached hydrogens (primary N) is 1. The summed E-state index contributed by atoms with van der Waals surface area (Å²) in [6.45, 7) is 1.66. The summed E-state index contributed by atoms with van der Waals surface area (Å²) in [7, 11) is 0. The number of aromatic nitrogens is 2. The van der Waals surface area contributed by atoms with E-state index >= 15 is 0 Å². The van der Waals surface area contributed by atoms with Crippen LogP contribution in [0.25, 0.3) is 0 Å². The largest absolute Gasteiger partial charge is 0.382 e. The first-order valence-corrected chi connectivity index (χ1v) is 6.45. The van der Waals surface area contributed by atoms with Gasteiger partial charge in [0.05, 0.1) is 16.3 Å². The molecule has 6 nitrogen and oxygen atoms in total. The number of aliphatic hydroxyl groups is 1. The zero-order valence-electron chi connectivity index (χ0n) is 10.3. The van der Waals surface area contributed by atoms with Crippen molar-refractivity contribution in [2.24, 2.45) is 0 Å². The van der Waals surface area contributed by atoms with Crippen molar-refractivity contribution in [3.05, 3.63) is 39.0 Å². The van der Waals surface area contributed by atoms with Crippen LogP contribution in [0.1, 0.15) is 16.8 Å². The van der Waals surface area contributed by atoms with Crippen molar-refractivity contribution in [1.82, 2.24) is 10.2 Å². The minimum Gasteiger partial charge on any atom is -0.382 e. The molecule has 0 saturated carbocycles. The number of nitrogens with zero attached hydrogens (tertiary/aromatic N) is 1. The molecule has 0 radical (unpaired) electrons. The Kier molecular flexibility index (Phi) is 2.72. The van der Waals surface area contributed by atoms with Gasteiger partial charge in [0, 0.05) is 16.3 Å². The molecule has 0 fully saturated rings. The van der Waals surface area contributed by atoms with E-state index in [1.807, 2.05) is 0 Å². The molecule has 1 amide bonds. The lowest BCUT2D eigenvalue weighted by Crippen LogP contribution is -2.36. The van der Waals surface area contributed by atoms with Crippen LogP contribution in [0.2, 0.25) is 10.0 Å². The van der Waals surface area contributed by atoms with Gasteiger partial charge in [-0.2, -0.15) is 5.10 Å². The molecule has 1 aromatic heterocycles. The summed E-state index contributed by atoms with van der Waals surface area (Å²) in [6.07, 6.45) is 0. The maximum absolute atomic E-state index is 12.3.